The predicted molar refractivity (Wildman–Crippen MR) is 83.8 cm³/mol. The number of ether oxygens (including phenoxy) is 1. The molecular formula is C16H24N4O2. The molecule has 1 atom stereocenters. The molecule has 0 bridgehead atoms. The first-order valence-corrected chi connectivity index (χ1v) is 8.23. The molecule has 1 aromatic heterocycles. The minimum Gasteiger partial charge on any atom is -0.375 e. The standard InChI is InChI=1S/C16H24N4O2/c1-2-17-15(21)13-5-6-14(20-19-13)18-12-7-10-22-16(11-12)8-3-4-9-16/h5-6,12H,2-4,7-11H2,1H3,(H,17,21)(H,18,20)/t12-/m1/s1. The zero-order valence-electron chi connectivity index (χ0n) is 13.1. The van der Waals surface area contributed by atoms with Gasteiger partial charge in [0.05, 0.1) is 5.60 Å². The van der Waals surface area contributed by atoms with Crippen molar-refractivity contribution in [3.8, 4) is 0 Å². The highest BCUT2D eigenvalue weighted by molar-refractivity contribution is 5.92. The largest absolute Gasteiger partial charge is 0.375 e. The fourth-order valence-electron chi connectivity index (χ4n) is 3.51. The molecule has 1 aliphatic carbocycles. The van der Waals surface area contributed by atoms with Gasteiger partial charge in [-0.25, -0.2) is 0 Å². The summed E-state index contributed by atoms with van der Waals surface area (Å²) in [5, 5.41) is 14.3. The Kier molecular flexibility index (Phi) is 4.57. The summed E-state index contributed by atoms with van der Waals surface area (Å²) in [6, 6.07) is 3.91. The van der Waals surface area contributed by atoms with Crippen LogP contribution in [0.4, 0.5) is 5.82 Å². The van der Waals surface area contributed by atoms with Gasteiger partial charge in [-0.15, -0.1) is 10.2 Å². The van der Waals surface area contributed by atoms with Crippen molar-refractivity contribution in [1.29, 1.82) is 0 Å². The molecule has 2 fully saturated rings. The Labute approximate surface area is 131 Å². The predicted octanol–water partition coefficient (Wildman–Crippen LogP) is 2.13. The normalized spacial score (nSPS) is 23.4. The smallest absolute Gasteiger partial charge is 0.271 e. The third-order valence-corrected chi connectivity index (χ3v) is 4.59. The Morgan fingerprint density at radius 1 is 1.36 bits per heavy atom. The second kappa shape index (κ2) is 6.60. The lowest BCUT2D eigenvalue weighted by molar-refractivity contribution is -0.0767. The summed E-state index contributed by atoms with van der Waals surface area (Å²) in [7, 11) is 0. The fourth-order valence-corrected chi connectivity index (χ4v) is 3.51. The number of amides is 1. The Morgan fingerprint density at radius 3 is 2.86 bits per heavy atom. The number of anilines is 1. The highest BCUT2D eigenvalue weighted by atomic mass is 16.5. The van der Waals surface area contributed by atoms with E-state index in [0.29, 0.717) is 18.3 Å². The van der Waals surface area contributed by atoms with E-state index < -0.39 is 0 Å². The van der Waals surface area contributed by atoms with Crippen molar-refractivity contribution in [1.82, 2.24) is 15.5 Å². The first-order valence-electron chi connectivity index (χ1n) is 8.23. The quantitative estimate of drug-likeness (QED) is 0.891. The van der Waals surface area contributed by atoms with Crippen LogP contribution in [0.3, 0.4) is 0 Å². The van der Waals surface area contributed by atoms with Crippen molar-refractivity contribution in [2.24, 2.45) is 0 Å². The van der Waals surface area contributed by atoms with Crippen LogP contribution in [-0.2, 0) is 4.74 Å². The molecule has 1 saturated heterocycles. The molecule has 2 aliphatic rings. The van der Waals surface area contributed by atoms with E-state index >= 15 is 0 Å². The summed E-state index contributed by atoms with van der Waals surface area (Å²) in [5.41, 5.74) is 0.441. The summed E-state index contributed by atoms with van der Waals surface area (Å²) in [5.74, 6) is 0.547. The van der Waals surface area contributed by atoms with Crippen LogP contribution < -0.4 is 10.6 Å². The number of nitrogens with zero attached hydrogens (tertiary/aromatic N) is 2. The molecule has 0 unspecified atom stereocenters. The van der Waals surface area contributed by atoms with Crippen LogP contribution in [0.5, 0.6) is 0 Å². The SMILES string of the molecule is CCNC(=O)c1ccc(N[C@@H]2CCOC3(CCCC3)C2)nn1. The molecule has 0 radical (unpaired) electrons. The van der Waals surface area contributed by atoms with Crippen molar-refractivity contribution in [2.75, 3.05) is 18.5 Å². The highest BCUT2D eigenvalue weighted by Gasteiger charge is 2.39. The van der Waals surface area contributed by atoms with Gasteiger partial charge in [-0.05, 0) is 44.7 Å². The maximum atomic E-state index is 11.7. The van der Waals surface area contributed by atoms with Gasteiger partial charge in [-0.1, -0.05) is 12.8 Å². The van der Waals surface area contributed by atoms with Crippen LogP contribution in [0, 0.1) is 0 Å². The summed E-state index contributed by atoms with van der Waals surface area (Å²) < 4.78 is 6.04. The van der Waals surface area contributed by atoms with E-state index in [-0.39, 0.29) is 11.5 Å². The van der Waals surface area contributed by atoms with Crippen molar-refractivity contribution >= 4 is 11.7 Å². The number of nitrogens with one attached hydrogen (secondary N) is 2. The van der Waals surface area contributed by atoms with E-state index in [2.05, 4.69) is 20.8 Å². The van der Waals surface area contributed by atoms with E-state index in [1.165, 1.54) is 25.7 Å². The Balaban J connectivity index is 1.59. The summed E-state index contributed by atoms with van der Waals surface area (Å²) in [4.78, 5) is 11.7. The van der Waals surface area contributed by atoms with Crippen LogP contribution >= 0.6 is 0 Å². The van der Waals surface area contributed by atoms with E-state index in [1.54, 1.807) is 6.07 Å². The van der Waals surface area contributed by atoms with Gasteiger partial charge >= 0.3 is 0 Å². The number of carbonyl (C=O) groups is 1. The maximum Gasteiger partial charge on any atom is 0.271 e. The molecule has 22 heavy (non-hydrogen) atoms. The summed E-state index contributed by atoms with van der Waals surface area (Å²) in [6.45, 7) is 3.28. The summed E-state index contributed by atoms with van der Waals surface area (Å²) >= 11 is 0. The number of hydrogen-bond donors (Lipinski definition) is 2. The monoisotopic (exact) mass is 304 g/mol. The molecule has 3 rings (SSSR count). The van der Waals surface area contributed by atoms with Crippen LogP contribution in [0.25, 0.3) is 0 Å². The number of rotatable bonds is 4. The van der Waals surface area contributed by atoms with Gasteiger partial charge < -0.3 is 15.4 Å². The third kappa shape index (κ3) is 3.38. The number of hydrogen-bond acceptors (Lipinski definition) is 5. The van der Waals surface area contributed by atoms with E-state index in [9.17, 15) is 4.79 Å². The van der Waals surface area contributed by atoms with Gasteiger partial charge in [0, 0.05) is 19.2 Å². The van der Waals surface area contributed by atoms with Gasteiger partial charge in [0.25, 0.3) is 5.91 Å². The lowest BCUT2D eigenvalue weighted by atomic mass is 9.89. The average Bonchev–Trinajstić information content (AvgIpc) is 2.96. The van der Waals surface area contributed by atoms with Crippen molar-refractivity contribution in [2.45, 2.75) is 57.1 Å². The Bertz CT molecular complexity index is 511. The van der Waals surface area contributed by atoms with Crippen LogP contribution in [-0.4, -0.2) is 40.9 Å². The van der Waals surface area contributed by atoms with E-state index in [4.69, 9.17) is 4.74 Å². The van der Waals surface area contributed by atoms with Gasteiger partial charge in [0.2, 0.25) is 0 Å². The maximum absolute atomic E-state index is 11.7. The molecule has 2 N–H and O–H groups in total. The lowest BCUT2D eigenvalue weighted by Gasteiger charge is -2.38. The first kappa shape index (κ1) is 15.2. The van der Waals surface area contributed by atoms with Gasteiger partial charge in [0.1, 0.15) is 5.82 Å². The zero-order chi connectivity index (χ0) is 15.4. The van der Waals surface area contributed by atoms with Gasteiger partial charge in [-0.2, -0.15) is 0 Å². The number of carbonyl (C=O) groups excluding carboxylic acids is 1. The minimum absolute atomic E-state index is 0.0876. The molecular weight excluding hydrogens is 280 g/mol. The van der Waals surface area contributed by atoms with Crippen molar-refractivity contribution in [3.63, 3.8) is 0 Å². The van der Waals surface area contributed by atoms with Gasteiger partial charge in [0.15, 0.2) is 5.69 Å². The average molecular weight is 304 g/mol. The second-order valence-corrected chi connectivity index (χ2v) is 6.24. The molecule has 6 nitrogen and oxygen atoms in total. The molecule has 2 heterocycles. The highest BCUT2D eigenvalue weighted by Crippen LogP contribution is 2.40. The van der Waals surface area contributed by atoms with Crippen molar-refractivity contribution in [3.05, 3.63) is 17.8 Å². The molecule has 0 aromatic carbocycles. The molecule has 1 amide bonds. The first-order chi connectivity index (χ1) is 10.7. The van der Waals surface area contributed by atoms with Crippen LogP contribution in [0.15, 0.2) is 12.1 Å². The molecule has 1 aliphatic heterocycles. The minimum atomic E-state index is -0.183. The fraction of sp³-hybridized carbons (Fsp3) is 0.688. The molecule has 6 heteroatoms. The van der Waals surface area contributed by atoms with E-state index in [0.717, 1.165) is 25.3 Å². The molecule has 1 saturated carbocycles. The van der Waals surface area contributed by atoms with Gasteiger partial charge in [-0.3, -0.25) is 4.79 Å². The summed E-state index contributed by atoms with van der Waals surface area (Å²) in [6.07, 6.45) is 6.91. The number of aromatic nitrogens is 2. The molecule has 1 aromatic rings. The van der Waals surface area contributed by atoms with E-state index in [1.807, 2.05) is 13.0 Å². The Morgan fingerprint density at radius 2 is 2.18 bits per heavy atom. The molecule has 120 valence electrons. The zero-order valence-corrected chi connectivity index (χ0v) is 13.1. The van der Waals surface area contributed by atoms with Crippen molar-refractivity contribution < 1.29 is 9.53 Å². The van der Waals surface area contributed by atoms with Crippen LogP contribution in [0.2, 0.25) is 0 Å². The topological polar surface area (TPSA) is 76.1 Å². The third-order valence-electron chi connectivity index (χ3n) is 4.59. The molecule has 1 spiro atoms. The second-order valence-electron chi connectivity index (χ2n) is 6.24. The Hall–Kier alpha value is -1.69. The lowest BCUT2D eigenvalue weighted by Crippen LogP contribution is -2.42. The van der Waals surface area contributed by atoms with Crippen LogP contribution in [0.1, 0.15) is 55.9 Å².